The highest BCUT2D eigenvalue weighted by molar-refractivity contribution is 5.71. The maximum absolute atomic E-state index is 12.8. The molecule has 0 aliphatic carbocycles. The fraction of sp³-hybridized carbons (Fsp3) is 0.575. The molecule has 0 aliphatic rings. The number of carbonyl (C=O) groups is 3. The van der Waals surface area contributed by atoms with E-state index in [0.717, 1.165) is 154 Å². The fourth-order valence-corrected chi connectivity index (χ4v) is 8.06. The van der Waals surface area contributed by atoms with Crippen LogP contribution in [0.25, 0.3) is 0 Å². The van der Waals surface area contributed by atoms with Crippen LogP contribution in [0.5, 0.6) is 0 Å². The van der Waals surface area contributed by atoms with Gasteiger partial charge in [-0.3, -0.25) is 14.4 Å². The fourth-order valence-electron chi connectivity index (χ4n) is 8.06. The Balaban J connectivity index is 4.37. The lowest BCUT2D eigenvalue weighted by atomic mass is 10.1. The summed E-state index contributed by atoms with van der Waals surface area (Å²) in [5.41, 5.74) is 0. The van der Waals surface area contributed by atoms with Gasteiger partial charge >= 0.3 is 17.9 Å². The van der Waals surface area contributed by atoms with Gasteiger partial charge in [0.1, 0.15) is 13.2 Å². The van der Waals surface area contributed by atoms with Crippen LogP contribution in [0.4, 0.5) is 0 Å². The molecule has 6 heteroatoms. The largest absolute Gasteiger partial charge is 0.462 e. The van der Waals surface area contributed by atoms with Crippen LogP contribution in [0, 0.1) is 0 Å². The van der Waals surface area contributed by atoms with Crippen molar-refractivity contribution >= 4 is 17.9 Å². The minimum absolute atomic E-state index is 0.112. The Bertz CT molecular complexity index is 1820. The van der Waals surface area contributed by atoms with Crippen molar-refractivity contribution in [1.82, 2.24) is 0 Å². The molecule has 0 saturated carbocycles. The molecule has 0 rings (SSSR count). The van der Waals surface area contributed by atoms with Gasteiger partial charge in [0.15, 0.2) is 6.10 Å². The first-order valence-corrected chi connectivity index (χ1v) is 31.6. The van der Waals surface area contributed by atoms with E-state index in [1.165, 1.54) is 51.4 Å². The summed E-state index contributed by atoms with van der Waals surface area (Å²) in [5.74, 6) is -0.998. The second-order valence-corrected chi connectivity index (χ2v) is 20.2. The number of ether oxygens (including phenoxy) is 3. The van der Waals surface area contributed by atoms with Gasteiger partial charge in [-0.1, -0.05) is 274 Å². The molecule has 0 aromatic carbocycles. The Labute approximate surface area is 485 Å². The van der Waals surface area contributed by atoms with Gasteiger partial charge in [0.05, 0.1) is 0 Å². The first-order chi connectivity index (χ1) is 39.0. The van der Waals surface area contributed by atoms with Crippen LogP contribution in [-0.4, -0.2) is 37.2 Å². The Hall–Kier alpha value is -5.23. The lowest BCUT2D eigenvalue weighted by Crippen LogP contribution is -2.30. The number of unbranched alkanes of at least 4 members (excludes halogenated alkanes) is 16. The third kappa shape index (κ3) is 63.5. The van der Waals surface area contributed by atoms with Crippen LogP contribution >= 0.6 is 0 Å². The summed E-state index contributed by atoms with van der Waals surface area (Å²) in [4.78, 5) is 38.2. The number of rotatable bonds is 55. The molecule has 79 heavy (non-hydrogen) atoms. The Morgan fingerprint density at radius 3 is 0.810 bits per heavy atom. The summed E-state index contributed by atoms with van der Waals surface area (Å²) in [7, 11) is 0. The molecule has 442 valence electrons. The molecule has 0 aromatic rings. The van der Waals surface area contributed by atoms with E-state index in [0.29, 0.717) is 19.3 Å². The van der Waals surface area contributed by atoms with E-state index in [1.54, 1.807) is 0 Å². The van der Waals surface area contributed by atoms with Crippen molar-refractivity contribution in [2.24, 2.45) is 0 Å². The predicted molar refractivity (Wildman–Crippen MR) is 343 cm³/mol. The average molecular weight is 1090 g/mol. The Morgan fingerprint density at radius 1 is 0.266 bits per heavy atom. The molecule has 0 bridgehead atoms. The zero-order valence-electron chi connectivity index (χ0n) is 50.6. The molecule has 0 fully saturated rings. The smallest absolute Gasteiger partial charge is 0.306 e. The molecule has 0 spiro atoms. The van der Waals surface area contributed by atoms with Gasteiger partial charge < -0.3 is 14.2 Å². The highest BCUT2D eigenvalue weighted by Gasteiger charge is 2.19. The van der Waals surface area contributed by atoms with E-state index in [-0.39, 0.29) is 37.5 Å². The second-order valence-electron chi connectivity index (χ2n) is 20.2. The van der Waals surface area contributed by atoms with Gasteiger partial charge in [0.25, 0.3) is 0 Å². The highest BCUT2D eigenvalue weighted by atomic mass is 16.6. The van der Waals surface area contributed by atoms with Gasteiger partial charge in [0.2, 0.25) is 0 Å². The summed E-state index contributed by atoms with van der Waals surface area (Å²) in [6.07, 6.45) is 96.5. The third-order valence-corrected chi connectivity index (χ3v) is 12.7. The number of allylic oxidation sites excluding steroid dienone is 28. The molecule has 0 amide bonds. The molecule has 0 aromatic heterocycles. The summed E-state index contributed by atoms with van der Waals surface area (Å²) in [6.45, 7) is 6.33. The van der Waals surface area contributed by atoms with Crippen molar-refractivity contribution in [2.75, 3.05) is 13.2 Å². The van der Waals surface area contributed by atoms with Crippen LogP contribution in [0.1, 0.15) is 252 Å². The van der Waals surface area contributed by atoms with E-state index >= 15 is 0 Å². The van der Waals surface area contributed by atoms with Crippen molar-refractivity contribution in [3.63, 3.8) is 0 Å². The Morgan fingerprint density at radius 2 is 0.506 bits per heavy atom. The van der Waals surface area contributed by atoms with Crippen molar-refractivity contribution in [3.05, 3.63) is 170 Å². The maximum Gasteiger partial charge on any atom is 0.306 e. The van der Waals surface area contributed by atoms with Gasteiger partial charge in [0, 0.05) is 19.3 Å². The standard InChI is InChI=1S/C73H114O6/c1-4-7-10-13-16-19-22-24-26-28-29-30-31-32-33-34-35-36-37-38-39-40-41-42-43-45-46-48-51-54-57-60-63-66-72(75)78-69-70(68-77-71(74)65-62-59-56-53-50-21-18-15-12-9-6-3)79-73(76)67-64-61-58-55-52-49-47-44-27-25-23-20-17-14-11-8-5-2/h7-8,10-11,16-17,19-20,24-27,29-30,32-33,35-36,38-39,41-42,45-47,49,55,58,70H,4-6,9,12-15,18,21-23,28,31,34,37,40,43-44,48,50-54,56-57,59-69H2,1-3H3/b10-7-,11-8-,19-16-,20-17-,26-24-,27-25-,30-29-,33-32-,36-35-,39-38-,42-41-,46-45-,49-47-,58-55-. The zero-order valence-corrected chi connectivity index (χ0v) is 50.6. The lowest BCUT2D eigenvalue weighted by molar-refractivity contribution is -0.167. The number of esters is 3. The van der Waals surface area contributed by atoms with Crippen molar-refractivity contribution in [2.45, 2.75) is 258 Å². The van der Waals surface area contributed by atoms with Gasteiger partial charge in [-0.15, -0.1) is 0 Å². The van der Waals surface area contributed by atoms with E-state index < -0.39 is 6.10 Å². The molecular weight excluding hydrogens is 973 g/mol. The van der Waals surface area contributed by atoms with E-state index in [9.17, 15) is 14.4 Å². The van der Waals surface area contributed by atoms with Gasteiger partial charge in [-0.05, 0) is 128 Å². The van der Waals surface area contributed by atoms with Crippen LogP contribution < -0.4 is 0 Å². The van der Waals surface area contributed by atoms with Crippen LogP contribution in [0.15, 0.2) is 170 Å². The summed E-state index contributed by atoms with van der Waals surface area (Å²) in [6, 6.07) is 0. The first-order valence-electron chi connectivity index (χ1n) is 31.6. The second kappa shape index (κ2) is 65.3. The van der Waals surface area contributed by atoms with Crippen LogP contribution in [0.2, 0.25) is 0 Å². The van der Waals surface area contributed by atoms with Crippen LogP contribution in [0.3, 0.4) is 0 Å². The molecular formula is C73H114O6. The zero-order chi connectivity index (χ0) is 57.1. The highest BCUT2D eigenvalue weighted by Crippen LogP contribution is 2.14. The molecule has 0 N–H and O–H groups in total. The van der Waals surface area contributed by atoms with Crippen molar-refractivity contribution in [1.29, 1.82) is 0 Å². The predicted octanol–water partition coefficient (Wildman–Crippen LogP) is 21.9. The first kappa shape index (κ1) is 73.8. The molecule has 6 nitrogen and oxygen atoms in total. The number of carbonyl (C=O) groups excluding carboxylic acids is 3. The summed E-state index contributed by atoms with van der Waals surface area (Å²) < 4.78 is 16.8. The molecule has 0 aliphatic heterocycles. The van der Waals surface area contributed by atoms with Crippen molar-refractivity contribution in [3.8, 4) is 0 Å². The molecule has 0 radical (unpaired) electrons. The monoisotopic (exact) mass is 1090 g/mol. The minimum Gasteiger partial charge on any atom is -0.462 e. The van der Waals surface area contributed by atoms with Crippen LogP contribution in [-0.2, 0) is 28.6 Å². The summed E-state index contributed by atoms with van der Waals surface area (Å²) in [5, 5.41) is 0. The Kier molecular flexibility index (Phi) is 61.0. The van der Waals surface area contributed by atoms with Crippen molar-refractivity contribution < 1.29 is 28.6 Å². The minimum atomic E-state index is -0.823. The molecule has 0 heterocycles. The third-order valence-electron chi connectivity index (χ3n) is 12.7. The molecule has 1 atom stereocenters. The van der Waals surface area contributed by atoms with Gasteiger partial charge in [-0.2, -0.15) is 0 Å². The number of hydrogen-bond acceptors (Lipinski definition) is 6. The van der Waals surface area contributed by atoms with Gasteiger partial charge in [-0.25, -0.2) is 0 Å². The molecule has 1 unspecified atom stereocenters. The SMILES string of the molecule is CC/C=C\C/C=C\C/C=C\C/C=C\C/C=C\C/C=C\C/C=C\C/C=C\C/C=C\CCCCCCCC(=O)OCC(COC(=O)CCCCCCCCCCCCC)OC(=O)CCC/C=C\C/C=C\C/C=C\C/C=C\C/C=C\CC. The maximum atomic E-state index is 12.8. The quantitative estimate of drug-likeness (QED) is 0.0261. The van der Waals surface area contributed by atoms with E-state index in [4.69, 9.17) is 14.2 Å². The lowest BCUT2D eigenvalue weighted by Gasteiger charge is -2.18. The summed E-state index contributed by atoms with van der Waals surface area (Å²) >= 11 is 0. The number of hydrogen-bond donors (Lipinski definition) is 0. The normalized spacial score (nSPS) is 13.3. The molecule has 0 saturated heterocycles. The topological polar surface area (TPSA) is 78.9 Å². The van der Waals surface area contributed by atoms with E-state index in [1.807, 2.05) is 0 Å². The average Bonchev–Trinajstić information content (AvgIpc) is 3.45. The van der Waals surface area contributed by atoms with E-state index in [2.05, 4.69) is 191 Å².